The van der Waals surface area contributed by atoms with Gasteiger partial charge in [-0.3, -0.25) is 4.68 Å². The Bertz CT molecular complexity index is 647. The van der Waals surface area contributed by atoms with Crippen molar-refractivity contribution in [1.29, 1.82) is 0 Å². The van der Waals surface area contributed by atoms with Crippen LogP contribution >= 0.6 is 0 Å². The van der Waals surface area contributed by atoms with Crippen molar-refractivity contribution in [3.05, 3.63) is 18.5 Å². The van der Waals surface area contributed by atoms with Crippen LogP contribution in [0.15, 0.2) is 18.5 Å². The predicted octanol–water partition coefficient (Wildman–Crippen LogP) is 0.669. The van der Waals surface area contributed by atoms with E-state index in [9.17, 15) is 0 Å². The number of hydrogen-bond acceptors (Lipinski definition) is 7. The van der Waals surface area contributed by atoms with Crippen molar-refractivity contribution in [2.75, 3.05) is 44.0 Å². The summed E-state index contributed by atoms with van der Waals surface area (Å²) in [6.07, 6.45) is 6.24. The predicted molar refractivity (Wildman–Crippen MR) is 89.1 cm³/mol. The fourth-order valence-electron chi connectivity index (χ4n) is 2.75. The van der Waals surface area contributed by atoms with Gasteiger partial charge in [0.2, 0.25) is 5.95 Å². The topological polar surface area (TPSA) is 108 Å². The van der Waals surface area contributed by atoms with Crippen LogP contribution in [0.5, 0.6) is 0 Å². The first-order valence-electron chi connectivity index (χ1n) is 7.89. The van der Waals surface area contributed by atoms with Crippen molar-refractivity contribution < 1.29 is 4.74 Å². The number of anilines is 2. The van der Waals surface area contributed by atoms with Crippen LogP contribution in [0.3, 0.4) is 0 Å². The average Bonchev–Trinajstić information content (AvgIpc) is 3.19. The van der Waals surface area contributed by atoms with Crippen molar-refractivity contribution in [3.8, 4) is 11.3 Å². The van der Waals surface area contributed by atoms with Crippen molar-refractivity contribution in [2.24, 2.45) is 5.73 Å². The summed E-state index contributed by atoms with van der Waals surface area (Å²) >= 11 is 0. The van der Waals surface area contributed by atoms with E-state index in [0.717, 1.165) is 43.4 Å². The quantitative estimate of drug-likeness (QED) is 0.856. The monoisotopic (exact) mass is 317 g/mol. The first-order chi connectivity index (χ1) is 11.3. The van der Waals surface area contributed by atoms with Gasteiger partial charge in [-0.2, -0.15) is 10.1 Å². The van der Waals surface area contributed by atoms with E-state index >= 15 is 0 Å². The zero-order chi connectivity index (χ0) is 16.2. The van der Waals surface area contributed by atoms with Gasteiger partial charge in [0.25, 0.3) is 0 Å². The molecule has 0 spiro atoms. The second-order valence-corrected chi connectivity index (χ2v) is 5.56. The fourth-order valence-corrected chi connectivity index (χ4v) is 2.75. The van der Waals surface area contributed by atoms with E-state index in [0.29, 0.717) is 12.0 Å². The zero-order valence-corrected chi connectivity index (χ0v) is 13.4. The van der Waals surface area contributed by atoms with Gasteiger partial charge in [0.1, 0.15) is 5.82 Å². The summed E-state index contributed by atoms with van der Waals surface area (Å²) in [6, 6.07) is 2.34. The zero-order valence-electron chi connectivity index (χ0n) is 13.4. The highest BCUT2D eigenvalue weighted by molar-refractivity contribution is 5.63. The van der Waals surface area contributed by atoms with Crippen LogP contribution in [0.25, 0.3) is 11.3 Å². The van der Waals surface area contributed by atoms with Gasteiger partial charge in [-0.05, 0) is 19.9 Å². The first-order valence-corrected chi connectivity index (χ1v) is 7.89. The minimum atomic E-state index is 0.314. The Kier molecular flexibility index (Phi) is 4.73. The Hall–Kier alpha value is -2.19. The smallest absolute Gasteiger partial charge is 0.222 e. The van der Waals surface area contributed by atoms with Gasteiger partial charge in [0.05, 0.1) is 31.1 Å². The van der Waals surface area contributed by atoms with Crippen LogP contribution in [0, 0.1) is 0 Å². The molecule has 0 amide bonds. The number of ether oxygens (including phenoxy) is 1. The number of nitrogen functional groups attached to an aromatic ring is 1. The van der Waals surface area contributed by atoms with Crippen molar-refractivity contribution in [2.45, 2.75) is 18.9 Å². The molecule has 0 radical (unpaired) electrons. The van der Waals surface area contributed by atoms with E-state index in [2.05, 4.69) is 25.7 Å². The Morgan fingerprint density at radius 3 is 2.57 bits per heavy atom. The fraction of sp³-hybridized carbons (Fsp3) is 0.533. The van der Waals surface area contributed by atoms with Crippen LogP contribution in [-0.4, -0.2) is 53.1 Å². The molecule has 2 saturated heterocycles. The molecule has 0 aliphatic carbocycles. The van der Waals surface area contributed by atoms with E-state index < -0.39 is 0 Å². The summed E-state index contributed by atoms with van der Waals surface area (Å²) in [6.45, 7) is 3.53. The largest absolute Gasteiger partial charge is 0.377 e. The van der Waals surface area contributed by atoms with E-state index in [1.807, 2.05) is 23.1 Å². The molecule has 0 aromatic carbocycles. The van der Waals surface area contributed by atoms with Crippen LogP contribution in [0.1, 0.15) is 18.9 Å². The number of aromatic nitrogens is 4. The summed E-state index contributed by atoms with van der Waals surface area (Å²) in [5.41, 5.74) is 12.2. The third kappa shape index (κ3) is 3.27. The number of hydrogen-bond donors (Lipinski definition) is 2. The van der Waals surface area contributed by atoms with E-state index in [-0.39, 0.29) is 0 Å². The van der Waals surface area contributed by atoms with Gasteiger partial charge in [0.15, 0.2) is 0 Å². The molecule has 2 aliphatic rings. The summed E-state index contributed by atoms with van der Waals surface area (Å²) in [4.78, 5) is 11.0. The maximum atomic E-state index is 5.87. The van der Waals surface area contributed by atoms with Crippen molar-refractivity contribution in [1.82, 2.24) is 19.7 Å². The van der Waals surface area contributed by atoms with E-state index in [1.54, 1.807) is 0 Å². The number of nitrogens with two attached hydrogens (primary N) is 2. The lowest BCUT2D eigenvalue weighted by Gasteiger charge is -2.25. The van der Waals surface area contributed by atoms with E-state index in [1.165, 1.54) is 19.9 Å². The lowest BCUT2D eigenvalue weighted by atomic mass is 10.2. The second kappa shape index (κ2) is 6.93. The van der Waals surface area contributed by atoms with Gasteiger partial charge < -0.3 is 21.1 Å². The maximum absolute atomic E-state index is 5.87. The third-order valence-electron chi connectivity index (χ3n) is 4.05. The molecular weight excluding hydrogens is 294 g/mol. The summed E-state index contributed by atoms with van der Waals surface area (Å²) in [5.74, 6) is 1.23. The Morgan fingerprint density at radius 2 is 1.91 bits per heavy atom. The molecule has 2 aromatic rings. The van der Waals surface area contributed by atoms with Gasteiger partial charge in [-0.15, -0.1) is 0 Å². The molecule has 23 heavy (non-hydrogen) atoms. The minimum Gasteiger partial charge on any atom is -0.377 e. The summed E-state index contributed by atoms with van der Waals surface area (Å²) in [5, 5.41) is 4.39. The maximum Gasteiger partial charge on any atom is 0.222 e. The molecule has 8 heteroatoms. The second-order valence-electron chi connectivity index (χ2n) is 5.56. The first kappa shape index (κ1) is 15.7. The minimum absolute atomic E-state index is 0.314. The molecule has 4 rings (SSSR count). The van der Waals surface area contributed by atoms with Gasteiger partial charge in [0, 0.05) is 30.9 Å². The highest BCUT2D eigenvalue weighted by atomic mass is 16.5. The molecule has 4 heterocycles. The molecule has 2 fully saturated rings. The molecule has 0 atom stereocenters. The van der Waals surface area contributed by atoms with Crippen LogP contribution in [0.2, 0.25) is 0 Å². The molecule has 124 valence electrons. The van der Waals surface area contributed by atoms with Gasteiger partial charge in [-0.1, -0.05) is 0 Å². The van der Waals surface area contributed by atoms with Crippen LogP contribution in [0.4, 0.5) is 11.8 Å². The van der Waals surface area contributed by atoms with Gasteiger partial charge in [-0.25, -0.2) is 4.98 Å². The highest BCUT2D eigenvalue weighted by Crippen LogP contribution is 2.26. The molecule has 2 aliphatic heterocycles. The number of nitrogens with zero attached hydrogens (tertiary/aromatic N) is 5. The lowest BCUT2D eigenvalue weighted by Crippen LogP contribution is -2.30. The van der Waals surface area contributed by atoms with Gasteiger partial charge >= 0.3 is 0 Å². The number of rotatable bonds is 3. The van der Waals surface area contributed by atoms with Crippen molar-refractivity contribution >= 4 is 11.8 Å². The van der Waals surface area contributed by atoms with Crippen molar-refractivity contribution in [3.63, 3.8) is 0 Å². The van der Waals surface area contributed by atoms with Crippen LogP contribution in [-0.2, 0) is 4.74 Å². The highest BCUT2D eigenvalue weighted by Gasteiger charge is 2.22. The lowest BCUT2D eigenvalue weighted by molar-refractivity contribution is -0.0286. The average molecular weight is 317 g/mol. The standard InChI is InChI=1S/C14H18N6O.CH5N/c15-14-17-12(5-13(18-14)19-3-1-2-4-19)10-6-16-20(7-10)11-8-21-9-11;1-2/h5-7,11H,1-4,8-9H2,(H2,15,17,18);2H2,1H3. The summed E-state index contributed by atoms with van der Waals surface area (Å²) < 4.78 is 7.13. The molecule has 2 aromatic heterocycles. The molecule has 0 saturated carbocycles. The SMILES string of the molecule is CN.Nc1nc(-c2cnn(C3COC3)c2)cc(N2CCCC2)n1. The van der Waals surface area contributed by atoms with E-state index in [4.69, 9.17) is 10.5 Å². The molecule has 4 N–H and O–H groups in total. The molecular formula is C15H23N7O. The normalized spacial score (nSPS) is 17.6. The Labute approximate surface area is 135 Å². The Balaban J connectivity index is 0.000000753. The molecule has 8 nitrogen and oxygen atoms in total. The molecule has 0 bridgehead atoms. The summed E-state index contributed by atoms with van der Waals surface area (Å²) in [7, 11) is 1.50. The van der Waals surface area contributed by atoms with Crippen LogP contribution < -0.4 is 16.4 Å². The third-order valence-corrected chi connectivity index (χ3v) is 4.05. The Morgan fingerprint density at radius 1 is 1.17 bits per heavy atom. The molecule has 0 unspecified atom stereocenters.